The highest BCUT2D eigenvalue weighted by Crippen LogP contribution is 2.24. The van der Waals surface area contributed by atoms with Crippen molar-refractivity contribution in [1.29, 1.82) is 0 Å². The molecule has 6 heteroatoms. The van der Waals surface area contributed by atoms with E-state index in [-0.39, 0.29) is 5.91 Å². The Labute approximate surface area is 139 Å². The first-order chi connectivity index (χ1) is 11.0. The predicted octanol–water partition coefficient (Wildman–Crippen LogP) is 3.51. The maximum absolute atomic E-state index is 12.1. The third-order valence-electron chi connectivity index (χ3n) is 3.23. The van der Waals surface area contributed by atoms with E-state index < -0.39 is 0 Å². The number of halogens is 1. The summed E-state index contributed by atoms with van der Waals surface area (Å²) in [5.41, 5.74) is 4.33. The van der Waals surface area contributed by atoms with Crippen molar-refractivity contribution in [1.82, 2.24) is 5.43 Å². The third-order valence-corrected chi connectivity index (χ3v) is 3.48. The van der Waals surface area contributed by atoms with Gasteiger partial charge in [0.15, 0.2) is 0 Å². The molecule has 0 saturated heterocycles. The van der Waals surface area contributed by atoms with Crippen molar-refractivity contribution in [3.8, 4) is 11.5 Å². The van der Waals surface area contributed by atoms with E-state index >= 15 is 0 Å². The zero-order valence-electron chi connectivity index (χ0n) is 13.1. The van der Waals surface area contributed by atoms with Gasteiger partial charge in [-0.1, -0.05) is 11.6 Å². The van der Waals surface area contributed by atoms with Crippen LogP contribution in [-0.2, 0) is 0 Å². The number of amides is 1. The summed E-state index contributed by atoms with van der Waals surface area (Å²) in [6, 6.07) is 11.9. The second-order valence-corrected chi connectivity index (χ2v) is 5.15. The van der Waals surface area contributed by atoms with E-state index in [4.69, 9.17) is 21.1 Å². The number of nitrogens with one attached hydrogen (secondary N) is 1. The predicted molar refractivity (Wildman–Crippen MR) is 90.7 cm³/mol. The van der Waals surface area contributed by atoms with E-state index in [2.05, 4.69) is 10.5 Å². The number of carbonyl (C=O) groups is 1. The largest absolute Gasteiger partial charge is 0.497 e. The maximum atomic E-state index is 12.1. The molecule has 0 aliphatic heterocycles. The van der Waals surface area contributed by atoms with Gasteiger partial charge in [0.1, 0.15) is 11.5 Å². The highest BCUT2D eigenvalue weighted by atomic mass is 35.5. The van der Waals surface area contributed by atoms with Gasteiger partial charge in [0.2, 0.25) is 0 Å². The average Bonchev–Trinajstić information content (AvgIpc) is 2.59. The molecular weight excluding hydrogens is 316 g/mol. The third kappa shape index (κ3) is 4.23. The van der Waals surface area contributed by atoms with Crippen LogP contribution < -0.4 is 14.9 Å². The summed E-state index contributed by atoms with van der Waals surface area (Å²) in [7, 11) is 3.16. The van der Waals surface area contributed by atoms with Crippen LogP contribution in [0, 0.1) is 0 Å². The molecule has 0 radical (unpaired) electrons. The monoisotopic (exact) mass is 332 g/mol. The Morgan fingerprint density at radius 2 is 1.78 bits per heavy atom. The Morgan fingerprint density at radius 1 is 1.09 bits per heavy atom. The molecule has 2 rings (SSSR count). The van der Waals surface area contributed by atoms with Crippen LogP contribution in [0.5, 0.6) is 11.5 Å². The van der Waals surface area contributed by atoms with Gasteiger partial charge in [-0.2, -0.15) is 5.10 Å². The molecule has 0 aliphatic carbocycles. The van der Waals surface area contributed by atoms with Crippen LogP contribution in [0.4, 0.5) is 0 Å². The summed E-state index contributed by atoms with van der Waals surface area (Å²) in [5, 5.41) is 4.70. The van der Waals surface area contributed by atoms with Crippen molar-refractivity contribution in [3.63, 3.8) is 0 Å². The standard InChI is InChI=1S/C17H17ClN2O3/c1-11(15-10-14(22-2)8-9-16(15)23-3)19-20-17(21)12-4-6-13(18)7-5-12/h4-10H,1-3H3,(H,20,21)/b19-11-. The number of methoxy groups -OCH3 is 2. The molecule has 0 aromatic heterocycles. The number of rotatable bonds is 5. The normalized spacial score (nSPS) is 11.0. The zero-order valence-corrected chi connectivity index (χ0v) is 13.8. The second kappa shape index (κ2) is 7.65. The van der Waals surface area contributed by atoms with Crippen LogP contribution in [-0.4, -0.2) is 25.8 Å². The van der Waals surface area contributed by atoms with Gasteiger partial charge in [0.05, 0.1) is 19.9 Å². The van der Waals surface area contributed by atoms with Gasteiger partial charge in [-0.15, -0.1) is 0 Å². The first-order valence-electron chi connectivity index (χ1n) is 6.87. The second-order valence-electron chi connectivity index (χ2n) is 4.71. The lowest BCUT2D eigenvalue weighted by Crippen LogP contribution is -2.19. The minimum absolute atomic E-state index is 0.317. The van der Waals surface area contributed by atoms with E-state index in [1.165, 1.54) is 0 Å². The molecule has 0 bridgehead atoms. The van der Waals surface area contributed by atoms with E-state index in [0.29, 0.717) is 27.8 Å². The molecule has 120 valence electrons. The van der Waals surface area contributed by atoms with Gasteiger partial charge in [-0.05, 0) is 49.4 Å². The molecule has 0 unspecified atom stereocenters. The van der Waals surface area contributed by atoms with Gasteiger partial charge in [0.25, 0.3) is 5.91 Å². The Kier molecular flexibility index (Phi) is 5.60. The van der Waals surface area contributed by atoms with Crippen LogP contribution in [0.15, 0.2) is 47.6 Å². The SMILES string of the molecule is COc1ccc(OC)c(/C(C)=N\NC(=O)c2ccc(Cl)cc2)c1. The van der Waals surface area contributed by atoms with Gasteiger partial charge < -0.3 is 9.47 Å². The van der Waals surface area contributed by atoms with E-state index in [0.717, 1.165) is 5.56 Å². The molecule has 0 saturated carbocycles. The van der Waals surface area contributed by atoms with Gasteiger partial charge in [-0.3, -0.25) is 4.79 Å². The Bertz CT molecular complexity index is 727. The Morgan fingerprint density at radius 3 is 2.39 bits per heavy atom. The minimum Gasteiger partial charge on any atom is -0.497 e. The summed E-state index contributed by atoms with van der Waals surface area (Å²) in [6.45, 7) is 1.78. The quantitative estimate of drug-likeness (QED) is 0.673. The fourth-order valence-corrected chi connectivity index (χ4v) is 2.08. The molecule has 5 nitrogen and oxygen atoms in total. The Hall–Kier alpha value is -2.53. The number of nitrogens with zero attached hydrogens (tertiary/aromatic N) is 1. The Balaban J connectivity index is 2.19. The van der Waals surface area contributed by atoms with E-state index in [1.807, 2.05) is 0 Å². The van der Waals surface area contributed by atoms with Gasteiger partial charge in [-0.25, -0.2) is 5.43 Å². The lowest BCUT2D eigenvalue weighted by Gasteiger charge is -2.10. The number of hydrogen-bond donors (Lipinski definition) is 1. The van der Waals surface area contributed by atoms with Crippen molar-refractivity contribution >= 4 is 23.2 Å². The summed E-state index contributed by atoms with van der Waals surface area (Å²) in [4.78, 5) is 12.1. The van der Waals surface area contributed by atoms with Crippen molar-refractivity contribution < 1.29 is 14.3 Å². The molecule has 2 aromatic carbocycles. The average molecular weight is 333 g/mol. The first kappa shape index (κ1) is 16.8. The van der Waals surface area contributed by atoms with Gasteiger partial charge in [0, 0.05) is 16.1 Å². The summed E-state index contributed by atoms with van der Waals surface area (Å²) < 4.78 is 10.5. The number of hydrogen-bond acceptors (Lipinski definition) is 4. The van der Waals surface area contributed by atoms with Crippen LogP contribution in [0.25, 0.3) is 0 Å². The fourth-order valence-electron chi connectivity index (χ4n) is 1.96. The van der Waals surface area contributed by atoms with Crippen molar-refractivity contribution in [3.05, 3.63) is 58.6 Å². The van der Waals surface area contributed by atoms with Gasteiger partial charge >= 0.3 is 0 Å². The molecular formula is C17H17ClN2O3. The highest BCUT2D eigenvalue weighted by molar-refractivity contribution is 6.30. The smallest absolute Gasteiger partial charge is 0.271 e. The van der Waals surface area contributed by atoms with Crippen LogP contribution in [0.3, 0.4) is 0 Å². The molecule has 0 spiro atoms. The lowest BCUT2D eigenvalue weighted by molar-refractivity contribution is 0.0955. The molecule has 1 N–H and O–H groups in total. The van der Waals surface area contributed by atoms with Crippen LogP contribution in [0.1, 0.15) is 22.8 Å². The van der Waals surface area contributed by atoms with E-state index in [9.17, 15) is 4.79 Å². The lowest BCUT2D eigenvalue weighted by atomic mass is 10.1. The number of benzene rings is 2. The number of carbonyl (C=O) groups excluding carboxylic acids is 1. The summed E-state index contributed by atoms with van der Waals surface area (Å²) >= 11 is 5.80. The molecule has 2 aromatic rings. The number of ether oxygens (including phenoxy) is 2. The molecule has 0 fully saturated rings. The molecule has 23 heavy (non-hydrogen) atoms. The molecule has 1 amide bonds. The molecule has 0 heterocycles. The fraction of sp³-hybridized carbons (Fsp3) is 0.176. The van der Waals surface area contributed by atoms with Crippen LogP contribution in [0.2, 0.25) is 5.02 Å². The maximum Gasteiger partial charge on any atom is 0.271 e. The van der Waals surface area contributed by atoms with Crippen LogP contribution >= 0.6 is 11.6 Å². The first-order valence-corrected chi connectivity index (χ1v) is 7.25. The summed E-state index contributed by atoms with van der Waals surface area (Å²) in [6.07, 6.45) is 0. The van der Waals surface area contributed by atoms with Crippen molar-refractivity contribution in [2.75, 3.05) is 14.2 Å². The summed E-state index contributed by atoms with van der Waals surface area (Å²) in [5.74, 6) is 1.01. The topological polar surface area (TPSA) is 59.9 Å². The molecule has 0 atom stereocenters. The zero-order chi connectivity index (χ0) is 16.8. The van der Waals surface area contributed by atoms with Crippen molar-refractivity contribution in [2.24, 2.45) is 5.10 Å². The minimum atomic E-state index is -0.317. The highest BCUT2D eigenvalue weighted by Gasteiger charge is 2.09. The van der Waals surface area contributed by atoms with E-state index in [1.54, 1.807) is 63.6 Å². The number of hydrazone groups is 1. The molecule has 0 aliphatic rings. The van der Waals surface area contributed by atoms with Crippen molar-refractivity contribution in [2.45, 2.75) is 6.92 Å².